The van der Waals surface area contributed by atoms with Crippen LogP contribution in [0.25, 0.3) is 0 Å². The molecule has 1 saturated heterocycles. The van der Waals surface area contributed by atoms with Gasteiger partial charge in [0.05, 0.1) is 17.6 Å². The summed E-state index contributed by atoms with van der Waals surface area (Å²) in [6, 6.07) is 8.33. The minimum absolute atomic E-state index is 0.00249. The molecule has 10 heteroatoms. The Labute approximate surface area is 250 Å². The van der Waals surface area contributed by atoms with Gasteiger partial charge in [0.2, 0.25) is 11.8 Å². The molecule has 1 aliphatic carbocycles. The molecule has 5 N–H and O–H groups in total. The number of anilines is 1. The lowest BCUT2D eigenvalue weighted by Gasteiger charge is -2.45. The molecule has 5 rings (SSSR count). The van der Waals surface area contributed by atoms with Gasteiger partial charge in [-0.3, -0.25) is 14.4 Å². The van der Waals surface area contributed by atoms with Crippen molar-refractivity contribution in [3.63, 3.8) is 0 Å². The first-order valence-corrected chi connectivity index (χ1v) is 14.8. The second-order valence-electron chi connectivity index (χ2n) is 13.4. The van der Waals surface area contributed by atoms with Crippen molar-refractivity contribution in [3.05, 3.63) is 63.4 Å². The minimum Gasteiger partial charge on any atom is -0.352 e. The molecule has 2 amide bonds. The quantitative estimate of drug-likeness (QED) is 0.353. The summed E-state index contributed by atoms with van der Waals surface area (Å²) in [4.78, 5) is 40.2. The second kappa shape index (κ2) is 10.6. The molecule has 2 aromatic rings. The maximum Gasteiger partial charge on any atom is 0.238 e. The van der Waals surface area contributed by atoms with E-state index in [1.807, 2.05) is 6.92 Å². The third-order valence-corrected chi connectivity index (χ3v) is 9.42. The van der Waals surface area contributed by atoms with Crippen molar-refractivity contribution >= 4 is 46.5 Å². The molecule has 1 spiro atoms. The van der Waals surface area contributed by atoms with E-state index in [4.69, 9.17) is 28.9 Å². The van der Waals surface area contributed by atoms with E-state index >= 15 is 4.39 Å². The zero-order chi connectivity index (χ0) is 29.9. The van der Waals surface area contributed by atoms with Gasteiger partial charge in [-0.1, -0.05) is 69.1 Å². The number of carbonyl (C=O) groups excluding carboxylic acids is 3. The predicted octanol–water partition coefficient (Wildman–Crippen LogP) is 5.09. The molecule has 3 aliphatic rings. The average molecular weight is 604 g/mol. The number of amides is 2. The molecule has 0 unspecified atom stereocenters. The molecule has 0 aromatic heterocycles. The molecule has 2 heterocycles. The van der Waals surface area contributed by atoms with Crippen LogP contribution in [0.2, 0.25) is 10.0 Å². The fourth-order valence-electron chi connectivity index (χ4n) is 7.37. The van der Waals surface area contributed by atoms with Crippen LogP contribution >= 0.6 is 23.2 Å². The number of ketones is 1. The van der Waals surface area contributed by atoms with E-state index in [2.05, 4.69) is 36.7 Å². The fourth-order valence-corrected chi connectivity index (χ4v) is 7.72. The highest BCUT2D eigenvalue weighted by atomic mass is 35.5. The highest BCUT2D eigenvalue weighted by Crippen LogP contribution is 2.57. The van der Waals surface area contributed by atoms with Crippen molar-refractivity contribution in [2.75, 3.05) is 11.9 Å². The van der Waals surface area contributed by atoms with Gasteiger partial charge >= 0.3 is 0 Å². The zero-order valence-corrected chi connectivity index (χ0v) is 25.3. The van der Waals surface area contributed by atoms with Crippen molar-refractivity contribution in [1.82, 2.24) is 10.6 Å². The maximum absolute atomic E-state index is 15.9. The van der Waals surface area contributed by atoms with Gasteiger partial charge in [-0.25, -0.2) is 4.39 Å². The highest BCUT2D eigenvalue weighted by Gasteiger charge is 2.66. The van der Waals surface area contributed by atoms with Crippen LogP contribution in [0.15, 0.2) is 36.4 Å². The first-order valence-electron chi connectivity index (χ1n) is 14.0. The number of hydrogen-bond donors (Lipinski definition) is 4. The Morgan fingerprint density at radius 3 is 2.54 bits per heavy atom. The summed E-state index contributed by atoms with van der Waals surface area (Å²) in [5.74, 6) is -2.20. The van der Waals surface area contributed by atoms with Crippen molar-refractivity contribution in [3.8, 4) is 0 Å². The summed E-state index contributed by atoms with van der Waals surface area (Å²) in [6.45, 7) is 8.21. The van der Waals surface area contributed by atoms with Crippen molar-refractivity contribution < 1.29 is 18.8 Å². The number of nitrogens with one attached hydrogen (secondary N) is 3. The number of rotatable bonds is 7. The number of halogens is 3. The van der Waals surface area contributed by atoms with Gasteiger partial charge in [-0.15, -0.1) is 0 Å². The molecule has 2 aromatic carbocycles. The molecular weight excluding hydrogens is 566 g/mol. The minimum atomic E-state index is -1.30. The summed E-state index contributed by atoms with van der Waals surface area (Å²) in [5.41, 5.74) is 5.17. The van der Waals surface area contributed by atoms with Crippen molar-refractivity contribution in [1.29, 1.82) is 0 Å². The smallest absolute Gasteiger partial charge is 0.238 e. The number of benzene rings is 2. The number of hydrogen-bond acceptors (Lipinski definition) is 5. The Morgan fingerprint density at radius 2 is 1.88 bits per heavy atom. The Bertz CT molecular complexity index is 1400. The number of fused-ring (bicyclic) bond motifs is 2. The summed E-state index contributed by atoms with van der Waals surface area (Å²) < 4.78 is 15.9. The molecule has 0 radical (unpaired) electrons. The number of Topliss-reactive ketones (excluding diaryl/α,β-unsaturated/α-hetero) is 1. The first-order chi connectivity index (χ1) is 19.2. The lowest BCUT2D eigenvalue weighted by molar-refractivity contribution is -0.126. The van der Waals surface area contributed by atoms with E-state index in [9.17, 15) is 14.4 Å². The van der Waals surface area contributed by atoms with E-state index in [1.165, 1.54) is 6.07 Å². The third kappa shape index (κ3) is 5.29. The zero-order valence-electron chi connectivity index (χ0n) is 23.7. The molecular formula is C31H37Cl2FN4O3. The lowest BCUT2D eigenvalue weighted by atomic mass is 9.62. The maximum atomic E-state index is 15.9. The Morgan fingerprint density at radius 1 is 1.17 bits per heavy atom. The molecule has 41 heavy (non-hydrogen) atoms. The SMILES string of the molecule is CC(C)(C)C[C@H]1N[C@@H](C(=O)NC2CC(C)(CC(=O)CN)C2)[C@H](c2cccc(Cl)c2F)[C@@]12C(=O)Nc1cc(Cl)ccc12. The van der Waals surface area contributed by atoms with Gasteiger partial charge in [0.15, 0.2) is 0 Å². The third-order valence-electron chi connectivity index (χ3n) is 8.90. The highest BCUT2D eigenvalue weighted by molar-refractivity contribution is 6.31. The average Bonchev–Trinajstić information content (AvgIpc) is 3.33. The van der Waals surface area contributed by atoms with Gasteiger partial charge in [0, 0.05) is 35.1 Å². The van der Waals surface area contributed by atoms with Gasteiger partial charge in [0.25, 0.3) is 0 Å². The van der Waals surface area contributed by atoms with Crippen LogP contribution in [0, 0.1) is 16.6 Å². The van der Waals surface area contributed by atoms with E-state index < -0.39 is 29.2 Å². The van der Waals surface area contributed by atoms with Crippen LogP contribution in [-0.4, -0.2) is 42.3 Å². The lowest BCUT2D eigenvalue weighted by Crippen LogP contribution is -2.55. The second-order valence-corrected chi connectivity index (χ2v) is 14.3. The molecule has 1 saturated carbocycles. The summed E-state index contributed by atoms with van der Waals surface area (Å²) in [7, 11) is 0. The summed E-state index contributed by atoms with van der Waals surface area (Å²) in [5, 5.41) is 9.98. The monoisotopic (exact) mass is 602 g/mol. The van der Waals surface area contributed by atoms with Gasteiger partial charge in [0.1, 0.15) is 17.0 Å². The molecule has 7 nitrogen and oxygen atoms in total. The molecule has 220 valence electrons. The van der Waals surface area contributed by atoms with E-state index in [0.29, 0.717) is 42.0 Å². The van der Waals surface area contributed by atoms with Crippen LogP contribution in [0.4, 0.5) is 10.1 Å². The van der Waals surface area contributed by atoms with Crippen molar-refractivity contribution in [2.45, 2.75) is 82.8 Å². The summed E-state index contributed by atoms with van der Waals surface area (Å²) >= 11 is 12.6. The summed E-state index contributed by atoms with van der Waals surface area (Å²) in [6.07, 6.45) is 2.16. The number of carbonyl (C=O) groups is 3. The molecule has 0 bridgehead atoms. The van der Waals surface area contributed by atoms with Crippen molar-refractivity contribution in [2.24, 2.45) is 16.6 Å². The predicted molar refractivity (Wildman–Crippen MR) is 159 cm³/mol. The van der Waals surface area contributed by atoms with Crippen LogP contribution in [0.5, 0.6) is 0 Å². The van der Waals surface area contributed by atoms with Crippen LogP contribution < -0.4 is 21.7 Å². The normalized spacial score (nSPS) is 30.6. The van der Waals surface area contributed by atoms with E-state index in [1.54, 1.807) is 30.3 Å². The Kier molecular flexibility index (Phi) is 7.77. The van der Waals surface area contributed by atoms with E-state index in [-0.39, 0.29) is 51.6 Å². The largest absolute Gasteiger partial charge is 0.352 e. The fraction of sp³-hybridized carbons (Fsp3) is 0.516. The van der Waals surface area contributed by atoms with Crippen LogP contribution in [0.3, 0.4) is 0 Å². The van der Waals surface area contributed by atoms with Gasteiger partial charge in [-0.05, 0) is 59.4 Å². The topological polar surface area (TPSA) is 113 Å². The Balaban J connectivity index is 1.58. The standard InChI is InChI=1S/C31H37Cl2FN4O3/c1-29(2,3)14-23-31(20-9-8-16(32)10-22(20)37-28(31)41)24(19-6-5-7-21(33)25(19)34)26(38-23)27(40)36-17-11-30(4,12-17)13-18(39)15-35/h5-10,17,23-24,26,38H,11-15,35H2,1-4H3,(H,36,40)(H,37,41)/t17?,23-,24+,26-,30?,31+/m1/s1. The molecule has 2 fully saturated rings. The molecule has 2 aliphatic heterocycles. The number of nitrogens with two attached hydrogens (primary N) is 1. The van der Waals surface area contributed by atoms with E-state index in [0.717, 1.165) is 0 Å². The van der Waals surface area contributed by atoms with Crippen LogP contribution in [0.1, 0.15) is 70.4 Å². The van der Waals surface area contributed by atoms with Gasteiger partial charge in [-0.2, -0.15) is 0 Å². The first kappa shape index (κ1) is 30.0. The molecule has 4 atom stereocenters. The van der Waals surface area contributed by atoms with Gasteiger partial charge < -0.3 is 21.7 Å². The van der Waals surface area contributed by atoms with Crippen LogP contribution in [-0.2, 0) is 19.8 Å². The Hall–Kier alpha value is -2.52.